The second-order valence-electron chi connectivity index (χ2n) is 12.7. The number of allylic oxidation sites excluding steroid dienone is 1. The minimum absolute atomic E-state index is 0.0218. The number of carbonyl (C=O) groups is 1. The van der Waals surface area contributed by atoms with Crippen LogP contribution in [0.25, 0.3) is 0 Å². The maximum absolute atomic E-state index is 12.4. The summed E-state index contributed by atoms with van der Waals surface area (Å²) in [4.78, 5) is 12.4. The van der Waals surface area contributed by atoms with Crippen LogP contribution in [0.2, 0.25) is 0 Å². The molecule has 4 aliphatic carbocycles. The highest BCUT2D eigenvalue weighted by atomic mass is 16.7. The van der Waals surface area contributed by atoms with Gasteiger partial charge in [-0.25, -0.2) is 0 Å². The van der Waals surface area contributed by atoms with Gasteiger partial charge in [0, 0.05) is 24.9 Å². The number of methoxy groups -OCH3 is 1. The van der Waals surface area contributed by atoms with Crippen LogP contribution in [0.5, 0.6) is 0 Å². The molecule has 4 N–H and O–H groups in total. The zero-order valence-electron chi connectivity index (χ0n) is 22.0. The van der Waals surface area contributed by atoms with Gasteiger partial charge in [-0.05, 0) is 76.0 Å². The summed E-state index contributed by atoms with van der Waals surface area (Å²) in [6.45, 7) is 7.98. The van der Waals surface area contributed by atoms with Gasteiger partial charge >= 0.3 is 0 Å². The van der Waals surface area contributed by atoms with Gasteiger partial charge in [0.2, 0.25) is 0 Å². The molecule has 0 radical (unpaired) electrons. The second kappa shape index (κ2) is 8.88. The number of carbonyl (C=O) groups excluding carboxylic acids is 1. The molecule has 0 spiro atoms. The van der Waals surface area contributed by atoms with E-state index in [0.717, 1.165) is 38.5 Å². The van der Waals surface area contributed by atoms with Crippen LogP contribution in [0.4, 0.5) is 0 Å². The number of nitrogens with two attached hydrogens (primary N) is 1. The topological polar surface area (TPSA) is 111 Å². The molecular weight excluding hydrogens is 446 g/mol. The Morgan fingerprint density at radius 1 is 1.20 bits per heavy atom. The maximum Gasteiger partial charge on any atom is 0.160 e. The summed E-state index contributed by atoms with van der Waals surface area (Å²) in [6, 6.07) is -0.149. The molecule has 35 heavy (non-hydrogen) atoms. The fourth-order valence-electron chi connectivity index (χ4n) is 8.97. The lowest BCUT2D eigenvalue weighted by Gasteiger charge is -2.61. The van der Waals surface area contributed by atoms with E-state index in [1.54, 1.807) is 14.0 Å². The van der Waals surface area contributed by atoms with Gasteiger partial charge in [0.15, 0.2) is 6.29 Å². The first-order valence-electron chi connectivity index (χ1n) is 13.7. The van der Waals surface area contributed by atoms with E-state index in [2.05, 4.69) is 13.0 Å². The SMILES string of the molecule is COC1CC(OC2CCC3(C)C(=CCC4C3CCC3(C)C(C(C)=O)CC(O)C43O)C2)OC(C)C1N. The van der Waals surface area contributed by atoms with Crippen LogP contribution < -0.4 is 5.73 Å². The third-order valence-corrected chi connectivity index (χ3v) is 11.2. The van der Waals surface area contributed by atoms with E-state index < -0.39 is 17.1 Å². The Kier molecular flexibility index (Phi) is 6.55. The van der Waals surface area contributed by atoms with Gasteiger partial charge in [-0.3, -0.25) is 4.79 Å². The van der Waals surface area contributed by atoms with Crippen molar-refractivity contribution in [3.05, 3.63) is 11.6 Å². The second-order valence-corrected chi connectivity index (χ2v) is 12.7. The molecule has 1 heterocycles. The number of hydrogen-bond acceptors (Lipinski definition) is 7. The van der Waals surface area contributed by atoms with E-state index in [-0.39, 0.29) is 53.7 Å². The minimum atomic E-state index is -1.22. The Bertz CT molecular complexity index is 878. The van der Waals surface area contributed by atoms with Gasteiger partial charge in [0.05, 0.1) is 36.1 Å². The predicted octanol–water partition coefficient (Wildman–Crippen LogP) is 3.10. The Morgan fingerprint density at radius 2 is 1.94 bits per heavy atom. The van der Waals surface area contributed by atoms with Gasteiger partial charge in [-0.1, -0.05) is 25.5 Å². The molecule has 5 aliphatic rings. The minimum Gasteiger partial charge on any atom is -0.390 e. The van der Waals surface area contributed by atoms with E-state index >= 15 is 0 Å². The Hall–Kier alpha value is -0.830. The van der Waals surface area contributed by atoms with Crippen LogP contribution in [0.3, 0.4) is 0 Å². The van der Waals surface area contributed by atoms with Crippen molar-refractivity contribution in [2.75, 3.05) is 7.11 Å². The zero-order chi connectivity index (χ0) is 25.3. The van der Waals surface area contributed by atoms with Crippen LogP contribution in [-0.4, -0.2) is 65.5 Å². The molecule has 0 bridgehead atoms. The number of ketones is 1. The summed E-state index contributed by atoms with van der Waals surface area (Å²) in [5, 5.41) is 23.2. The van der Waals surface area contributed by atoms with Gasteiger partial charge < -0.3 is 30.2 Å². The van der Waals surface area contributed by atoms with Crippen molar-refractivity contribution in [1.82, 2.24) is 0 Å². The van der Waals surface area contributed by atoms with Gasteiger partial charge in [0.1, 0.15) is 5.78 Å². The molecule has 5 rings (SSSR count). The monoisotopic (exact) mass is 491 g/mol. The maximum atomic E-state index is 12.4. The summed E-state index contributed by atoms with van der Waals surface area (Å²) in [7, 11) is 1.69. The average Bonchev–Trinajstić information content (AvgIpc) is 3.03. The number of fused-ring (bicyclic) bond motifs is 5. The Labute approximate surface area is 209 Å². The first-order valence-corrected chi connectivity index (χ1v) is 13.7. The van der Waals surface area contributed by atoms with Gasteiger partial charge in [-0.15, -0.1) is 0 Å². The summed E-state index contributed by atoms with van der Waals surface area (Å²) in [6.07, 6.45) is 7.36. The molecule has 4 fully saturated rings. The molecule has 7 heteroatoms. The Morgan fingerprint density at radius 3 is 2.63 bits per heavy atom. The van der Waals surface area contributed by atoms with Crippen molar-refractivity contribution >= 4 is 5.78 Å². The number of aliphatic hydroxyl groups is 2. The van der Waals surface area contributed by atoms with Crippen molar-refractivity contribution in [3.63, 3.8) is 0 Å². The van der Waals surface area contributed by atoms with Crippen LogP contribution in [-0.2, 0) is 19.0 Å². The first kappa shape index (κ1) is 25.8. The van der Waals surface area contributed by atoms with Crippen molar-refractivity contribution in [1.29, 1.82) is 0 Å². The summed E-state index contributed by atoms with van der Waals surface area (Å²) < 4.78 is 18.1. The number of rotatable bonds is 4. The number of ether oxygens (including phenoxy) is 3. The standard InChI is InChI=1S/C28H45NO6/c1-15(30)21-13-23(31)28(32)20-7-6-17-12-18(35-24-14-22(33-5)25(29)16(2)34-24)8-10-26(17,3)19(20)9-11-27(21,28)4/h6,16,18-25,31-32H,7-14,29H2,1-5H3. The smallest absolute Gasteiger partial charge is 0.160 e. The molecule has 12 unspecified atom stereocenters. The highest BCUT2D eigenvalue weighted by molar-refractivity contribution is 5.80. The summed E-state index contributed by atoms with van der Waals surface area (Å²) >= 11 is 0. The number of hydrogen-bond donors (Lipinski definition) is 3. The van der Waals surface area contributed by atoms with Crippen LogP contribution >= 0.6 is 0 Å². The molecule has 198 valence electrons. The van der Waals surface area contributed by atoms with Gasteiger partial charge in [0.25, 0.3) is 0 Å². The van der Waals surface area contributed by atoms with Crippen molar-refractivity contribution in [2.45, 2.75) is 121 Å². The lowest BCUT2D eigenvalue weighted by molar-refractivity contribution is -0.244. The number of aliphatic hydroxyl groups excluding tert-OH is 1. The van der Waals surface area contributed by atoms with E-state index in [9.17, 15) is 15.0 Å². The lowest BCUT2D eigenvalue weighted by Crippen LogP contribution is -2.64. The first-order chi connectivity index (χ1) is 16.5. The predicted molar refractivity (Wildman–Crippen MR) is 131 cm³/mol. The third-order valence-electron chi connectivity index (χ3n) is 11.2. The molecule has 0 aromatic rings. The molecule has 7 nitrogen and oxygen atoms in total. The summed E-state index contributed by atoms with van der Waals surface area (Å²) in [5.74, 6) is 0.0856. The fourth-order valence-corrected chi connectivity index (χ4v) is 8.97. The molecule has 0 amide bonds. The fraction of sp³-hybridized carbons (Fsp3) is 0.893. The number of Topliss-reactive ketones (excluding diaryl/α,β-unsaturated/α-hetero) is 1. The molecule has 0 aromatic carbocycles. The van der Waals surface area contributed by atoms with E-state index in [4.69, 9.17) is 19.9 Å². The highest BCUT2D eigenvalue weighted by Crippen LogP contribution is 2.68. The van der Waals surface area contributed by atoms with Crippen molar-refractivity contribution in [2.24, 2.45) is 34.3 Å². The Balaban J connectivity index is 1.33. The third kappa shape index (κ3) is 3.71. The van der Waals surface area contributed by atoms with E-state index in [1.807, 2.05) is 13.8 Å². The molecule has 1 saturated heterocycles. The quantitative estimate of drug-likeness (QED) is 0.518. The highest BCUT2D eigenvalue weighted by Gasteiger charge is 2.70. The van der Waals surface area contributed by atoms with Crippen LogP contribution in [0.15, 0.2) is 11.6 Å². The average molecular weight is 492 g/mol. The summed E-state index contributed by atoms with van der Waals surface area (Å²) in [5.41, 5.74) is 5.83. The molecule has 12 atom stereocenters. The van der Waals surface area contributed by atoms with Crippen LogP contribution in [0, 0.1) is 28.6 Å². The van der Waals surface area contributed by atoms with E-state index in [1.165, 1.54) is 5.57 Å². The molecular formula is C28H45NO6. The molecule has 0 aromatic heterocycles. The zero-order valence-corrected chi connectivity index (χ0v) is 22.0. The largest absolute Gasteiger partial charge is 0.390 e. The molecule has 3 saturated carbocycles. The van der Waals surface area contributed by atoms with Crippen molar-refractivity contribution in [3.8, 4) is 0 Å². The van der Waals surface area contributed by atoms with Crippen LogP contribution in [0.1, 0.15) is 79.1 Å². The molecule has 1 aliphatic heterocycles. The lowest BCUT2D eigenvalue weighted by atomic mass is 9.45. The van der Waals surface area contributed by atoms with Crippen molar-refractivity contribution < 1.29 is 29.2 Å². The van der Waals surface area contributed by atoms with Gasteiger partial charge in [-0.2, -0.15) is 0 Å². The normalized spacial score (nSPS) is 53.8. The van der Waals surface area contributed by atoms with E-state index in [0.29, 0.717) is 18.8 Å².